The van der Waals surface area contributed by atoms with Crippen LogP contribution < -0.4 is 5.73 Å². The number of likely N-dealkylation sites (N-methyl/N-ethyl adjacent to an activating group) is 2. The first-order valence-corrected chi connectivity index (χ1v) is 12.4. The number of Topliss-reactive ketones (excluding diaryl/α,β-unsaturated/α-hetero) is 2. The lowest BCUT2D eigenvalue weighted by Crippen LogP contribution is -2.73. The van der Waals surface area contributed by atoms with Crippen LogP contribution in [-0.2, 0) is 27.3 Å². The zero-order chi connectivity index (χ0) is 27.6. The SMILES string of the molecule is C=CCN(C)Cc1cc(Cl)c2c(c1O)C(O)=C1C(=O)[C@]3(O)C(=O)C(C(N)=O)C(O)[C@H](N(C)C)[C@@H]3C[C@@H]1C2. The number of carbonyl (C=O) groups is 3. The second kappa shape index (κ2) is 9.52. The minimum Gasteiger partial charge on any atom is -0.507 e. The van der Waals surface area contributed by atoms with Crippen LogP contribution in [0.25, 0.3) is 5.76 Å². The number of halogens is 1. The number of aliphatic hydroxyl groups excluding tert-OH is 2. The van der Waals surface area contributed by atoms with Crippen LogP contribution in [0, 0.1) is 17.8 Å². The molecular weight excluding hydrogens is 502 g/mol. The van der Waals surface area contributed by atoms with Gasteiger partial charge in [-0.25, -0.2) is 0 Å². The predicted octanol–water partition coefficient (Wildman–Crippen LogP) is 0.400. The zero-order valence-electron chi connectivity index (χ0n) is 20.9. The van der Waals surface area contributed by atoms with Gasteiger partial charge in [0.25, 0.3) is 0 Å². The molecule has 2 unspecified atom stereocenters. The number of nitrogens with two attached hydrogens (primary N) is 1. The first-order chi connectivity index (χ1) is 17.3. The number of fused-ring (bicyclic) bond motifs is 3. The predicted molar refractivity (Wildman–Crippen MR) is 136 cm³/mol. The van der Waals surface area contributed by atoms with Gasteiger partial charge in [-0.3, -0.25) is 19.3 Å². The van der Waals surface area contributed by atoms with E-state index in [0.29, 0.717) is 22.7 Å². The van der Waals surface area contributed by atoms with Crippen LogP contribution in [0.15, 0.2) is 24.3 Å². The van der Waals surface area contributed by atoms with E-state index >= 15 is 0 Å². The first-order valence-electron chi connectivity index (χ1n) is 12.0. The van der Waals surface area contributed by atoms with E-state index in [1.165, 1.54) is 0 Å². The third-order valence-electron chi connectivity index (χ3n) is 7.99. The monoisotopic (exact) mass is 533 g/mol. The molecule has 3 aliphatic carbocycles. The van der Waals surface area contributed by atoms with E-state index in [2.05, 4.69) is 6.58 Å². The summed E-state index contributed by atoms with van der Waals surface area (Å²) in [6, 6.07) is 0.670. The summed E-state index contributed by atoms with van der Waals surface area (Å²) in [4.78, 5) is 42.7. The van der Waals surface area contributed by atoms with Gasteiger partial charge in [0.05, 0.1) is 11.7 Å². The maximum Gasteiger partial charge on any atom is 0.230 e. The average Bonchev–Trinajstić information content (AvgIpc) is 2.79. The minimum atomic E-state index is -2.69. The Hall–Kier alpha value is -2.76. The molecule has 6 atom stereocenters. The number of nitrogens with zero attached hydrogens (tertiary/aromatic N) is 2. The summed E-state index contributed by atoms with van der Waals surface area (Å²) >= 11 is 6.59. The highest BCUT2D eigenvalue weighted by Crippen LogP contribution is 2.53. The molecule has 10 nitrogen and oxygen atoms in total. The molecule has 0 bridgehead atoms. The van der Waals surface area contributed by atoms with Crippen molar-refractivity contribution < 1.29 is 34.8 Å². The largest absolute Gasteiger partial charge is 0.507 e. The van der Waals surface area contributed by atoms with Gasteiger partial charge in [-0.2, -0.15) is 0 Å². The van der Waals surface area contributed by atoms with Crippen LogP contribution in [-0.4, -0.2) is 93.1 Å². The molecule has 2 saturated carbocycles. The highest BCUT2D eigenvalue weighted by Gasteiger charge is 2.67. The van der Waals surface area contributed by atoms with Gasteiger partial charge in [0.15, 0.2) is 11.4 Å². The van der Waals surface area contributed by atoms with E-state index in [4.69, 9.17) is 17.3 Å². The third kappa shape index (κ3) is 3.98. The number of carbonyl (C=O) groups excluding carboxylic acids is 3. The number of phenolic OH excluding ortho intramolecular Hbond substituents is 1. The fourth-order valence-electron chi connectivity index (χ4n) is 6.38. The number of aromatic hydroxyl groups is 1. The lowest BCUT2D eigenvalue weighted by atomic mass is 9.54. The molecular formula is C26H32ClN3O7. The minimum absolute atomic E-state index is 0.0185. The molecule has 2 fully saturated rings. The van der Waals surface area contributed by atoms with Crippen LogP contribution in [0.2, 0.25) is 5.02 Å². The zero-order valence-corrected chi connectivity index (χ0v) is 21.7. The summed E-state index contributed by atoms with van der Waals surface area (Å²) < 4.78 is 0. The Morgan fingerprint density at radius 3 is 2.51 bits per heavy atom. The normalized spacial score (nSPS) is 31.3. The van der Waals surface area contributed by atoms with Crippen molar-refractivity contribution in [3.8, 4) is 5.75 Å². The highest BCUT2D eigenvalue weighted by molar-refractivity contribution is 6.32. The molecule has 11 heteroatoms. The van der Waals surface area contributed by atoms with Gasteiger partial charge in [-0.1, -0.05) is 17.7 Å². The molecule has 4 rings (SSSR count). The van der Waals surface area contributed by atoms with E-state index in [0.717, 1.165) is 0 Å². The van der Waals surface area contributed by atoms with Gasteiger partial charge >= 0.3 is 0 Å². The fraction of sp³-hybridized carbons (Fsp3) is 0.500. The summed E-state index contributed by atoms with van der Waals surface area (Å²) in [5.41, 5.74) is 3.33. The molecule has 3 aliphatic rings. The van der Waals surface area contributed by atoms with Crippen LogP contribution in [0.3, 0.4) is 0 Å². The summed E-state index contributed by atoms with van der Waals surface area (Å²) in [5.74, 6) is -7.75. The van der Waals surface area contributed by atoms with Gasteiger partial charge in [0, 0.05) is 41.2 Å². The Morgan fingerprint density at radius 1 is 1.30 bits per heavy atom. The average molecular weight is 534 g/mol. The Balaban J connectivity index is 1.88. The van der Waals surface area contributed by atoms with Gasteiger partial charge in [0.1, 0.15) is 17.4 Å². The number of ketones is 2. The molecule has 1 aromatic rings. The van der Waals surface area contributed by atoms with Gasteiger partial charge < -0.3 is 31.1 Å². The molecule has 0 aliphatic heterocycles. The van der Waals surface area contributed by atoms with E-state index in [9.17, 15) is 34.8 Å². The fourth-order valence-corrected chi connectivity index (χ4v) is 6.68. The molecule has 1 amide bonds. The van der Waals surface area contributed by atoms with E-state index in [1.807, 2.05) is 11.9 Å². The van der Waals surface area contributed by atoms with Gasteiger partial charge in [-0.15, -0.1) is 6.58 Å². The third-order valence-corrected chi connectivity index (χ3v) is 8.33. The second-order valence-electron chi connectivity index (χ2n) is 10.5. The summed E-state index contributed by atoms with van der Waals surface area (Å²) in [6.45, 7) is 4.49. The molecule has 1 aromatic carbocycles. The van der Waals surface area contributed by atoms with Crippen LogP contribution in [0.4, 0.5) is 0 Å². The molecule has 37 heavy (non-hydrogen) atoms. The maximum atomic E-state index is 13.9. The summed E-state index contributed by atoms with van der Waals surface area (Å²) in [7, 11) is 5.01. The van der Waals surface area contributed by atoms with Crippen molar-refractivity contribution >= 4 is 34.8 Å². The number of rotatable bonds is 6. The number of amides is 1. The van der Waals surface area contributed by atoms with Crippen molar-refractivity contribution in [2.24, 2.45) is 23.5 Å². The lowest BCUT2D eigenvalue weighted by Gasteiger charge is -2.53. The molecule has 0 spiro atoms. The summed E-state index contributed by atoms with van der Waals surface area (Å²) in [6.07, 6.45) is 0.360. The smallest absolute Gasteiger partial charge is 0.230 e. The lowest BCUT2D eigenvalue weighted by molar-refractivity contribution is -0.184. The van der Waals surface area contributed by atoms with Crippen molar-refractivity contribution in [1.82, 2.24) is 9.80 Å². The number of aliphatic hydroxyl groups is 3. The van der Waals surface area contributed by atoms with Crippen LogP contribution in [0.5, 0.6) is 5.75 Å². The number of primary amides is 1. The van der Waals surface area contributed by atoms with E-state index in [-0.39, 0.29) is 36.3 Å². The van der Waals surface area contributed by atoms with Gasteiger partial charge in [0.2, 0.25) is 11.7 Å². The maximum absolute atomic E-state index is 13.9. The van der Waals surface area contributed by atoms with Crippen LogP contribution in [0.1, 0.15) is 23.1 Å². The standard InChI is InChI=1S/C26H32ClN3O7/c1-5-6-30(4)10-12-9-15(27)13-7-11-8-14-19(29(2)3)22(33)18(25(28)36)24(35)26(14,37)23(34)16(11)21(32)17(13)20(12)31/h5,9,11,14,18-19,22,31-33,37H,1,6-8,10H2,2-4H3,(H2,28,36)/t11-,14-,18?,19+,22?,26-/m0/s1. The van der Waals surface area contributed by atoms with E-state index in [1.54, 1.807) is 31.1 Å². The Labute approximate surface area is 219 Å². The van der Waals surface area contributed by atoms with Crippen molar-refractivity contribution in [2.45, 2.75) is 37.1 Å². The number of hydrogen-bond acceptors (Lipinski definition) is 9. The quantitative estimate of drug-likeness (QED) is 0.257. The first kappa shape index (κ1) is 27.3. The Kier molecular flexibility index (Phi) is 7.02. The molecule has 0 aromatic heterocycles. The second-order valence-corrected chi connectivity index (χ2v) is 10.9. The molecule has 200 valence electrons. The molecule has 0 saturated heterocycles. The number of benzene rings is 1. The van der Waals surface area contributed by atoms with Crippen molar-refractivity contribution in [3.63, 3.8) is 0 Å². The van der Waals surface area contributed by atoms with Crippen molar-refractivity contribution in [1.29, 1.82) is 0 Å². The molecule has 6 N–H and O–H groups in total. The molecule has 0 radical (unpaired) electrons. The van der Waals surface area contributed by atoms with Gasteiger partial charge in [-0.05, 0) is 51.5 Å². The number of hydrogen-bond donors (Lipinski definition) is 5. The Bertz CT molecular complexity index is 1230. The van der Waals surface area contributed by atoms with Crippen molar-refractivity contribution in [3.05, 3.63) is 46.0 Å². The van der Waals surface area contributed by atoms with Crippen molar-refractivity contribution in [2.75, 3.05) is 27.7 Å². The number of phenols is 1. The van der Waals surface area contributed by atoms with E-state index < -0.39 is 58.7 Å². The Morgan fingerprint density at radius 2 is 1.95 bits per heavy atom. The summed E-state index contributed by atoms with van der Waals surface area (Å²) in [5, 5.41) is 45.3. The molecule has 0 heterocycles. The van der Waals surface area contributed by atoms with Crippen LogP contribution >= 0.6 is 11.6 Å². The highest BCUT2D eigenvalue weighted by atomic mass is 35.5. The topological polar surface area (TPSA) is 165 Å².